The molecule has 1 unspecified atom stereocenters. The van der Waals surface area contributed by atoms with Gasteiger partial charge in [0, 0.05) is 18.1 Å². The van der Waals surface area contributed by atoms with Gasteiger partial charge in [-0.3, -0.25) is 9.78 Å². The summed E-state index contributed by atoms with van der Waals surface area (Å²) in [6.45, 7) is 0.128. The topological polar surface area (TPSA) is 88.2 Å². The number of rotatable bonds is 4. The Morgan fingerprint density at radius 1 is 1.50 bits per heavy atom. The fourth-order valence-electron chi connectivity index (χ4n) is 1.59. The molecule has 1 heterocycles. The third kappa shape index (κ3) is 2.52. The molecule has 0 radical (unpaired) electrons. The molecule has 0 saturated heterocycles. The number of nitrogens with one attached hydrogen (secondary N) is 1. The SMILES string of the molecule is NC(CNc1ccc(Cl)c2cccnc12)C(=O)O. The van der Waals surface area contributed by atoms with Crippen LogP contribution in [0.1, 0.15) is 0 Å². The van der Waals surface area contributed by atoms with Crippen LogP contribution in [-0.2, 0) is 4.79 Å². The number of carbonyl (C=O) groups is 1. The molecule has 0 amide bonds. The van der Waals surface area contributed by atoms with Crippen LogP contribution in [0.5, 0.6) is 0 Å². The maximum atomic E-state index is 10.6. The minimum Gasteiger partial charge on any atom is -0.480 e. The largest absolute Gasteiger partial charge is 0.480 e. The van der Waals surface area contributed by atoms with Gasteiger partial charge in [-0.15, -0.1) is 0 Å². The lowest BCUT2D eigenvalue weighted by molar-refractivity contribution is -0.138. The first-order valence-corrected chi connectivity index (χ1v) is 5.73. The quantitative estimate of drug-likeness (QED) is 0.783. The molecule has 0 aliphatic carbocycles. The van der Waals surface area contributed by atoms with E-state index in [9.17, 15) is 4.79 Å². The van der Waals surface area contributed by atoms with Crippen molar-refractivity contribution in [3.05, 3.63) is 35.5 Å². The molecular formula is C12H12ClN3O2. The van der Waals surface area contributed by atoms with Crippen LogP contribution >= 0.6 is 11.6 Å². The van der Waals surface area contributed by atoms with Gasteiger partial charge in [-0.05, 0) is 24.3 Å². The Kier molecular flexibility index (Phi) is 3.64. The van der Waals surface area contributed by atoms with Crippen molar-refractivity contribution in [1.29, 1.82) is 0 Å². The minimum absolute atomic E-state index is 0.128. The predicted octanol–water partition coefficient (Wildman–Crippen LogP) is 1.71. The molecule has 1 aromatic heterocycles. The molecule has 1 aromatic carbocycles. The number of benzene rings is 1. The minimum atomic E-state index is -1.05. The van der Waals surface area contributed by atoms with Gasteiger partial charge in [0.15, 0.2) is 0 Å². The second kappa shape index (κ2) is 5.20. The van der Waals surface area contributed by atoms with E-state index < -0.39 is 12.0 Å². The number of carboxylic acids is 1. The molecule has 6 heteroatoms. The van der Waals surface area contributed by atoms with E-state index in [0.29, 0.717) is 16.2 Å². The Morgan fingerprint density at radius 2 is 2.28 bits per heavy atom. The zero-order valence-corrected chi connectivity index (χ0v) is 10.2. The van der Waals surface area contributed by atoms with Crippen molar-refractivity contribution in [2.45, 2.75) is 6.04 Å². The number of nitrogens with zero attached hydrogens (tertiary/aromatic N) is 1. The van der Waals surface area contributed by atoms with Gasteiger partial charge in [0.2, 0.25) is 0 Å². The molecule has 2 rings (SSSR count). The van der Waals surface area contributed by atoms with E-state index in [2.05, 4.69) is 10.3 Å². The molecule has 0 spiro atoms. The van der Waals surface area contributed by atoms with E-state index in [1.54, 1.807) is 24.4 Å². The first-order valence-electron chi connectivity index (χ1n) is 5.35. The van der Waals surface area contributed by atoms with Crippen LogP contribution in [0.2, 0.25) is 5.02 Å². The van der Waals surface area contributed by atoms with Crippen molar-refractivity contribution in [1.82, 2.24) is 4.98 Å². The van der Waals surface area contributed by atoms with Gasteiger partial charge in [-0.25, -0.2) is 0 Å². The van der Waals surface area contributed by atoms with E-state index >= 15 is 0 Å². The number of anilines is 1. The molecule has 2 aromatic rings. The van der Waals surface area contributed by atoms with Crippen molar-refractivity contribution in [2.24, 2.45) is 5.73 Å². The number of carboxylic acid groups (broad SMARTS) is 1. The maximum Gasteiger partial charge on any atom is 0.322 e. The van der Waals surface area contributed by atoms with E-state index in [1.165, 1.54) is 0 Å². The zero-order chi connectivity index (χ0) is 13.1. The highest BCUT2D eigenvalue weighted by Gasteiger charge is 2.12. The summed E-state index contributed by atoms with van der Waals surface area (Å²) in [7, 11) is 0. The number of aliphatic carboxylic acids is 1. The number of halogens is 1. The monoisotopic (exact) mass is 265 g/mol. The van der Waals surface area contributed by atoms with Crippen molar-refractivity contribution in [2.75, 3.05) is 11.9 Å². The summed E-state index contributed by atoms with van der Waals surface area (Å²) < 4.78 is 0. The summed E-state index contributed by atoms with van der Waals surface area (Å²) in [5.41, 5.74) is 6.84. The average Bonchev–Trinajstić information content (AvgIpc) is 2.38. The highest BCUT2D eigenvalue weighted by atomic mass is 35.5. The van der Waals surface area contributed by atoms with Crippen molar-refractivity contribution in [3.63, 3.8) is 0 Å². The van der Waals surface area contributed by atoms with Crippen molar-refractivity contribution >= 4 is 34.2 Å². The number of hydrogen-bond donors (Lipinski definition) is 3. The van der Waals surface area contributed by atoms with Gasteiger partial charge in [0.1, 0.15) is 6.04 Å². The second-order valence-corrected chi connectivity index (χ2v) is 4.23. The molecule has 0 fully saturated rings. The first kappa shape index (κ1) is 12.6. The fourth-order valence-corrected chi connectivity index (χ4v) is 1.80. The normalized spacial score (nSPS) is 12.3. The molecule has 0 saturated carbocycles. The Balaban J connectivity index is 2.29. The molecule has 0 aliphatic rings. The van der Waals surface area contributed by atoms with Crippen LogP contribution in [0.4, 0.5) is 5.69 Å². The van der Waals surface area contributed by atoms with Crippen LogP contribution in [0.25, 0.3) is 10.9 Å². The van der Waals surface area contributed by atoms with E-state index in [0.717, 1.165) is 5.39 Å². The molecule has 18 heavy (non-hydrogen) atoms. The standard InChI is InChI=1S/C12H12ClN3O2/c13-8-3-4-10(16-6-9(14)12(17)18)11-7(8)2-1-5-15-11/h1-5,9,16H,6,14H2,(H,17,18). The van der Waals surface area contributed by atoms with E-state index in [4.69, 9.17) is 22.4 Å². The van der Waals surface area contributed by atoms with Crippen molar-refractivity contribution in [3.8, 4) is 0 Å². The smallest absolute Gasteiger partial charge is 0.322 e. The van der Waals surface area contributed by atoms with Crippen LogP contribution in [0.3, 0.4) is 0 Å². The summed E-state index contributed by atoms with van der Waals surface area (Å²) in [5, 5.41) is 13.1. The summed E-state index contributed by atoms with van der Waals surface area (Å²) in [6.07, 6.45) is 1.65. The zero-order valence-electron chi connectivity index (χ0n) is 9.43. The lowest BCUT2D eigenvalue weighted by Crippen LogP contribution is -2.36. The number of pyridine rings is 1. The third-order valence-corrected chi connectivity index (χ3v) is 2.88. The molecular weight excluding hydrogens is 254 g/mol. The highest BCUT2D eigenvalue weighted by Crippen LogP contribution is 2.27. The average molecular weight is 266 g/mol. The lowest BCUT2D eigenvalue weighted by atomic mass is 10.2. The van der Waals surface area contributed by atoms with Crippen LogP contribution in [0, 0.1) is 0 Å². The van der Waals surface area contributed by atoms with Gasteiger partial charge in [-0.1, -0.05) is 11.6 Å². The Morgan fingerprint density at radius 3 is 3.00 bits per heavy atom. The second-order valence-electron chi connectivity index (χ2n) is 3.82. The van der Waals surface area contributed by atoms with Gasteiger partial charge in [0.25, 0.3) is 0 Å². The molecule has 0 bridgehead atoms. The number of aromatic nitrogens is 1. The fraction of sp³-hybridized carbons (Fsp3) is 0.167. The first-order chi connectivity index (χ1) is 8.59. The van der Waals surface area contributed by atoms with Crippen LogP contribution in [0.15, 0.2) is 30.5 Å². The Labute approximate surface area is 109 Å². The molecule has 4 N–H and O–H groups in total. The van der Waals surface area contributed by atoms with Crippen LogP contribution in [-0.4, -0.2) is 28.6 Å². The van der Waals surface area contributed by atoms with E-state index in [1.807, 2.05) is 6.07 Å². The molecule has 94 valence electrons. The summed E-state index contributed by atoms with van der Waals surface area (Å²) in [6, 6.07) is 6.18. The molecule has 0 aliphatic heterocycles. The summed E-state index contributed by atoms with van der Waals surface area (Å²) in [5.74, 6) is -1.05. The highest BCUT2D eigenvalue weighted by molar-refractivity contribution is 6.35. The van der Waals surface area contributed by atoms with Gasteiger partial charge in [0.05, 0.1) is 16.2 Å². The van der Waals surface area contributed by atoms with Gasteiger partial charge in [-0.2, -0.15) is 0 Å². The lowest BCUT2D eigenvalue weighted by Gasteiger charge is -2.12. The number of nitrogens with two attached hydrogens (primary N) is 1. The summed E-state index contributed by atoms with van der Waals surface area (Å²) >= 11 is 6.06. The van der Waals surface area contributed by atoms with Gasteiger partial charge >= 0.3 is 5.97 Å². The number of hydrogen-bond acceptors (Lipinski definition) is 4. The number of fused-ring (bicyclic) bond motifs is 1. The third-order valence-electron chi connectivity index (χ3n) is 2.55. The van der Waals surface area contributed by atoms with Crippen LogP contribution < -0.4 is 11.1 Å². The Hall–Kier alpha value is -1.85. The van der Waals surface area contributed by atoms with Gasteiger partial charge < -0.3 is 16.2 Å². The molecule has 5 nitrogen and oxygen atoms in total. The maximum absolute atomic E-state index is 10.6. The van der Waals surface area contributed by atoms with E-state index in [-0.39, 0.29) is 6.54 Å². The van der Waals surface area contributed by atoms with Crippen molar-refractivity contribution < 1.29 is 9.90 Å². The predicted molar refractivity (Wildman–Crippen MR) is 70.9 cm³/mol. The molecule has 1 atom stereocenters. The summed E-state index contributed by atoms with van der Waals surface area (Å²) in [4.78, 5) is 14.9. The Bertz CT molecular complexity index is 589.